The number of piperidine rings is 1. The van der Waals surface area contributed by atoms with E-state index in [1.807, 2.05) is 4.90 Å². The summed E-state index contributed by atoms with van der Waals surface area (Å²) >= 11 is 6.08. The Balaban J connectivity index is 2.05. The molecule has 0 aromatic heterocycles. The number of hydrogen-bond acceptors (Lipinski definition) is 2. The molecule has 0 spiro atoms. The molecule has 5 heteroatoms. The van der Waals surface area contributed by atoms with Gasteiger partial charge in [0.1, 0.15) is 5.75 Å². The zero-order valence-electron chi connectivity index (χ0n) is 11.3. The molecule has 104 valence electrons. The number of nitrogens with zero attached hydrogens (tertiary/aromatic N) is 1. The lowest BCUT2D eigenvalue weighted by Gasteiger charge is -2.31. The minimum Gasteiger partial charge on any atom is -0.497 e. The van der Waals surface area contributed by atoms with E-state index in [9.17, 15) is 4.79 Å². The zero-order chi connectivity index (χ0) is 13.8. The summed E-state index contributed by atoms with van der Waals surface area (Å²) in [6, 6.07) is 5.12. The zero-order valence-corrected chi connectivity index (χ0v) is 12.0. The van der Waals surface area contributed by atoms with Gasteiger partial charge in [0.25, 0.3) is 0 Å². The molecule has 1 aromatic carbocycles. The van der Waals surface area contributed by atoms with E-state index >= 15 is 0 Å². The van der Waals surface area contributed by atoms with Gasteiger partial charge < -0.3 is 15.0 Å². The van der Waals surface area contributed by atoms with E-state index < -0.39 is 0 Å². The van der Waals surface area contributed by atoms with Crippen molar-refractivity contribution in [3.63, 3.8) is 0 Å². The van der Waals surface area contributed by atoms with Crippen molar-refractivity contribution in [2.24, 2.45) is 5.92 Å². The van der Waals surface area contributed by atoms with Crippen molar-refractivity contribution in [3.8, 4) is 5.75 Å². The van der Waals surface area contributed by atoms with Crippen LogP contribution < -0.4 is 10.1 Å². The summed E-state index contributed by atoms with van der Waals surface area (Å²) in [5.41, 5.74) is 0.587. The molecule has 4 nitrogen and oxygen atoms in total. The molecule has 19 heavy (non-hydrogen) atoms. The number of amides is 2. The summed E-state index contributed by atoms with van der Waals surface area (Å²) in [6.07, 6.45) is 2.24. The number of anilines is 1. The smallest absolute Gasteiger partial charge is 0.321 e. The third-order valence-corrected chi connectivity index (χ3v) is 3.69. The number of carbonyl (C=O) groups is 1. The number of rotatable bonds is 2. The van der Waals surface area contributed by atoms with Crippen molar-refractivity contribution in [1.29, 1.82) is 0 Å². The van der Waals surface area contributed by atoms with Gasteiger partial charge in [-0.25, -0.2) is 4.79 Å². The highest BCUT2D eigenvalue weighted by molar-refractivity contribution is 6.33. The van der Waals surface area contributed by atoms with Crippen molar-refractivity contribution in [2.45, 2.75) is 19.8 Å². The van der Waals surface area contributed by atoms with Gasteiger partial charge in [-0.2, -0.15) is 0 Å². The van der Waals surface area contributed by atoms with Crippen molar-refractivity contribution in [3.05, 3.63) is 23.2 Å². The fourth-order valence-electron chi connectivity index (χ4n) is 2.30. The van der Waals surface area contributed by atoms with Crippen LogP contribution in [0.1, 0.15) is 19.8 Å². The SMILES string of the molecule is COc1ccc(Cl)c(NC(=O)N2CCCC(C)C2)c1. The molecule has 2 rings (SSSR count). The molecule has 0 bridgehead atoms. The van der Waals surface area contributed by atoms with E-state index in [-0.39, 0.29) is 6.03 Å². The van der Waals surface area contributed by atoms with Crippen molar-refractivity contribution >= 4 is 23.3 Å². The summed E-state index contributed by atoms with van der Waals surface area (Å²) in [5, 5.41) is 3.36. The minimum absolute atomic E-state index is 0.0956. The van der Waals surface area contributed by atoms with Crippen LogP contribution in [0.2, 0.25) is 5.02 Å². The number of ether oxygens (including phenoxy) is 1. The lowest BCUT2D eigenvalue weighted by Crippen LogP contribution is -2.41. The third-order valence-electron chi connectivity index (χ3n) is 3.36. The van der Waals surface area contributed by atoms with Crippen LogP contribution in [0.5, 0.6) is 5.75 Å². The Morgan fingerprint density at radius 1 is 1.53 bits per heavy atom. The summed E-state index contributed by atoms with van der Waals surface area (Å²) < 4.78 is 5.13. The number of methoxy groups -OCH3 is 1. The molecule has 1 aliphatic heterocycles. The average Bonchev–Trinajstić information content (AvgIpc) is 2.41. The van der Waals surface area contributed by atoms with Gasteiger partial charge in [-0.1, -0.05) is 18.5 Å². The van der Waals surface area contributed by atoms with Crippen LogP contribution in [0.3, 0.4) is 0 Å². The van der Waals surface area contributed by atoms with Crippen LogP contribution in [0.25, 0.3) is 0 Å². The van der Waals surface area contributed by atoms with Crippen LogP contribution >= 0.6 is 11.6 Å². The van der Waals surface area contributed by atoms with Gasteiger partial charge in [-0.3, -0.25) is 0 Å². The molecule has 1 saturated heterocycles. The minimum atomic E-state index is -0.0956. The lowest BCUT2D eigenvalue weighted by molar-refractivity contribution is 0.182. The highest BCUT2D eigenvalue weighted by atomic mass is 35.5. The second kappa shape index (κ2) is 6.15. The molecule has 1 N–H and O–H groups in total. The number of carbonyl (C=O) groups excluding carboxylic acids is 1. The quantitative estimate of drug-likeness (QED) is 0.900. The Labute approximate surface area is 118 Å². The average molecular weight is 283 g/mol. The van der Waals surface area contributed by atoms with Crippen molar-refractivity contribution < 1.29 is 9.53 Å². The summed E-state index contributed by atoms with van der Waals surface area (Å²) in [6.45, 7) is 3.77. The molecule has 0 radical (unpaired) electrons. The first kappa shape index (κ1) is 14.0. The predicted molar refractivity (Wildman–Crippen MR) is 77.0 cm³/mol. The summed E-state index contributed by atoms with van der Waals surface area (Å²) in [7, 11) is 1.58. The maximum absolute atomic E-state index is 12.2. The van der Waals surface area contributed by atoms with Gasteiger partial charge in [0.2, 0.25) is 0 Å². The number of hydrogen-bond donors (Lipinski definition) is 1. The number of urea groups is 1. The van der Waals surface area contributed by atoms with Gasteiger partial charge in [-0.15, -0.1) is 0 Å². The Hall–Kier alpha value is -1.42. The van der Waals surface area contributed by atoms with E-state index in [0.29, 0.717) is 22.4 Å². The molecule has 1 aliphatic rings. The normalized spacial score (nSPS) is 19.1. The van der Waals surface area contributed by atoms with Gasteiger partial charge >= 0.3 is 6.03 Å². The van der Waals surface area contributed by atoms with Crippen LogP contribution in [0.4, 0.5) is 10.5 Å². The number of halogens is 1. The number of nitrogens with one attached hydrogen (secondary N) is 1. The Bertz CT molecular complexity index is 465. The highest BCUT2D eigenvalue weighted by Gasteiger charge is 2.21. The Morgan fingerprint density at radius 2 is 2.32 bits per heavy atom. The first-order chi connectivity index (χ1) is 9.10. The standard InChI is InChI=1S/C14H19ClN2O2/c1-10-4-3-7-17(9-10)14(18)16-13-8-11(19-2)5-6-12(13)15/h5-6,8,10H,3-4,7,9H2,1-2H3,(H,16,18). The van der Waals surface area contributed by atoms with Crippen LogP contribution in [0, 0.1) is 5.92 Å². The lowest BCUT2D eigenvalue weighted by atomic mass is 10.0. The van der Waals surface area contributed by atoms with Crippen LogP contribution in [0.15, 0.2) is 18.2 Å². The molecule has 1 heterocycles. The molecule has 1 unspecified atom stereocenters. The third kappa shape index (κ3) is 3.53. The highest BCUT2D eigenvalue weighted by Crippen LogP contribution is 2.27. The summed E-state index contributed by atoms with van der Waals surface area (Å²) in [5.74, 6) is 1.23. The van der Waals surface area contributed by atoms with Crippen molar-refractivity contribution in [2.75, 3.05) is 25.5 Å². The number of likely N-dealkylation sites (tertiary alicyclic amines) is 1. The maximum atomic E-state index is 12.2. The van der Waals surface area contributed by atoms with Crippen molar-refractivity contribution in [1.82, 2.24) is 4.90 Å². The predicted octanol–water partition coefficient (Wildman–Crippen LogP) is 3.61. The second-order valence-electron chi connectivity index (χ2n) is 4.97. The monoisotopic (exact) mass is 282 g/mol. The van der Waals surface area contributed by atoms with Crippen LogP contribution in [-0.4, -0.2) is 31.1 Å². The maximum Gasteiger partial charge on any atom is 0.321 e. The van der Waals surface area contributed by atoms with Gasteiger partial charge in [0.05, 0.1) is 17.8 Å². The molecule has 1 aromatic rings. The topological polar surface area (TPSA) is 41.6 Å². The molecule has 0 saturated carbocycles. The molecular weight excluding hydrogens is 264 g/mol. The fourth-order valence-corrected chi connectivity index (χ4v) is 2.46. The number of benzene rings is 1. The fraction of sp³-hybridized carbons (Fsp3) is 0.500. The molecule has 2 amide bonds. The van der Waals surface area contributed by atoms with E-state index in [1.165, 1.54) is 6.42 Å². The molecule has 1 atom stereocenters. The van der Waals surface area contributed by atoms with E-state index in [4.69, 9.17) is 16.3 Å². The first-order valence-electron chi connectivity index (χ1n) is 6.49. The van der Waals surface area contributed by atoms with E-state index in [0.717, 1.165) is 19.5 Å². The van der Waals surface area contributed by atoms with E-state index in [2.05, 4.69) is 12.2 Å². The van der Waals surface area contributed by atoms with Crippen LogP contribution in [-0.2, 0) is 0 Å². The second-order valence-corrected chi connectivity index (χ2v) is 5.38. The summed E-state index contributed by atoms with van der Waals surface area (Å²) in [4.78, 5) is 14.0. The Morgan fingerprint density at radius 3 is 3.00 bits per heavy atom. The van der Waals surface area contributed by atoms with Gasteiger partial charge in [0, 0.05) is 19.2 Å². The first-order valence-corrected chi connectivity index (χ1v) is 6.87. The molecule has 1 fully saturated rings. The largest absolute Gasteiger partial charge is 0.497 e. The van der Waals surface area contributed by atoms with Gasteiger partial charge in [0.15, 0.2) is 0 Å². The molecule has 0 aliphatic carbocycles. The van der Waals surface area contributed by atoms with E-state index in [1.54, 1.807) is 25.3 Å². The molecular formula is C14H19ClN2O2. The van der Waals surface area contributed by atoms with Gasteiger partial charge in [-0.05, 0) is 30.9 Å². The Kier molecular flexibility index (Phi) is 4.53.